The van der Waals surface area contributed by atoms with Gasteiger partial charge in [-0.3, -0.25) is 14.9 Å². The van der Waals surface area contributed by atoms with Crippen molar-refractivity contribution < 1.29 is 14.3 Å². The molecule has 22 heavy (non-hydrogen) atoms. The Labute approximate surface area is 133 Å². The van der Waals surface area contributed by atoms with Crippen molar-refractivity contribution in [2.45, 2.75) is 20.8 Å². The fraction of sp³-hybridized carbons (Fsp3) is 0.312. The molecule has 0 aliphatic rings. The Bertz CT molecular complexity index is 662. The highest BCUT2D eigenvalue weighted by atomic mass is 32.1. The first-order valence-electron chi connectivity index (χ1n) is 6.95. The molecule has 1 aromatic carbocycles. The van der Waals surface area contributed by atoms with Crippen LogP contribution in [0.15, 0.2) is 29.6 Å². The van der Waals surface area contributed by atoms with Crippen LogP contribution in [0.1, 0.15) is 19.4 Å². The molecule has 0 bridgehead atoms. The smallest absolute Gasteiger partial charge is 0.308 e. The van der Waals surface area contributed by atoms with Crippen LogP contribution < -0.4 is 5.32 Å². The highest BCUT2D eigenvalue weighted by molar-refractivity contribution is 7.14. The standard InChI is InChI=1S/C16H18N2O3S/c1-10(2)15(20)21-8-14(19)18-16-17-13(9-22-16)12-6-4-11(3)5-7-12/h4-7,9-10H,8H2,1-3H3,(H,17,18,19). The Balaban J connectivity index is 1.93. The quantitative estimate of drug-likeness (QED) is 0.859. The van der Waals surface area contributed by atoms with E-state index in [1.807, 2.05) is 36.6 Å². The van der Waals surface area contributed by atoms with Crippen LogP contribution in [0.2, 0.25) is 0 Å². The van der Waals surface area contributed by atoms with E-state index in [9.17, 15) is 9.59 Å². The third kappa shape index (κ3) is 4.39. The number of rotatable bonds is 5. The zero-order chi connectivity index (χ0) is 16.1. The summed E-state index contributed by atoms with van der Waals surface area (Å²) in [6.07, 6.45) is 0. The van der Waals surface area contributed by atoms with E-state index in [0.717, 1.165) is 11.3 Å². The van der Waals surface area contributed by atoms with Gasteiger partial charge in [0.15, 0.2) is 11.7 Å². The van der Waals surface area contributed by atoms with Crippen molar-refractivity contribution >= 4 is 28.3 Å². The molecule has 1 N–H and O–H groups in total. The Kier molecular flexibility index (Phi) is 5.27. The van der Waals surface area contributed by atoms with Gasteiger partial charge in [0, 0.05) is 10.9 Å². The number of aryl methyl sites for hydroxylation is 1. The van der Waals surface area contributed by atoms with Gasteiger partial charge in [-0.05, 0) is 6.92 Å². The lowest BCUT2D eigenvalue weighted by atomic mass is 10.1. The SMILES string of the molecule is Cc1ccc(-c2csc(NC(=O)COC(=O)C(C)C)n2)cc1. The van der Waals surface area contributed by atoms with E-state index in [1.165, 1.54) is 16.9 Å². The number of anilines is 1. The number of hydrogen-bond acceptors (Lipinski definition) is 5. The summed E-state index contributed by atoms with van der Waals surface area (Å²) in [5, 5.41) is 4.99. The first-order chi connectivity index (χ1) is 10.5. The van der Waals surface area contributed by atoms with Crippen LogP contribution in [-0.4, -0.2) is 23.5 Å². The fourth-order valence-corrected chi connectivity index (χ4v) is 2.38. The van der Waals surface area contributed by atoms with E-state index in [1.54, 1.807) is 13.8 Å². The van der Waals surface area contributed by atoms with E-state index >= 15 is 0 Å². The Hall–Kier alpha value is -2.21. The van der Waals surface area contributed by atoms with Gasteiger partial charge in [-0.15, -0.1) is 11.3 Å². The second-order valence-electron chi connectivity index (χ2n) is 5.21. The fourth-order valence-electron chi connectivity index (χ4n) is 1.65. The number of aromatic nitrogens is 1. The van der Waals surface area contributed by atoms with Crippen LogP contribution in [0.4, 0.5) is 5.13 Å². The first kappa shape index (κ1) is 16.2. The van der Waals surface area contributed by atoms with Gasteiger partial charge in [0.05, 0.1) is 11.6 Å². The minimum Gasteiger partial charge on any atom is -0.455 e. The van der Waals surface area contributed by atoms with Crippen LogP contribution in [0.5, 0.6) is 0 Å². The highest BCUT2D eigenvalue weighted by Gasteiger charge is 2.12. The van der Waals surface area contributed by atoms with E-state index in [0.29, 0.717) is 5.13 Å². The largest absolute Gasteiger partial charge is 0.455 e. The molecular formula is C16H18N2O3S. The molecule has 0 fully saturated rings. The van der Waals surface area contributed by atoms with Crippen molar-refractivity contribution in [1.82, 2.24) is 4.98 Å². The molecule has 5 nitrogen and oxygen atoms in total. The summed E-state index contributed by atoms with van der Waals surface area (Å²) in [7, 11) is 0. The second kappa shape index (κ2) is 7.17. The van der Waals surface area contributed by atoms with Crippen LogP contribution in [0.25, 0.3) is 11.3 Å². The van der Waals surface area contributed by atoms with Crippen molar-refractivity contribution in [3.8, 4) is 11.3 Å². The maximum atomic E-state index is 11.7. The third-order valence-corrected chi connectivity index (χ3v) is 3.67. The lowest BCUT2D eigenvalue weighted by Crippen LogP contribution is -2.22. The number of ether oxygens (including phenoxy) is 1. The summed E-state index contributed by atoms with van der Waals surface area (Å²) in [4.78, 5) is 27.4. The number of nitrogens with zero attached hydrogens (tertiary/aromatic N) is 1. The average molecular weight is 318 g/mol. The second-order valence-corrected chi connectivity index (χ2v) is 6.07. The van der Waals surface area contributed by atoms with Crippen LogP contribution in [0, 0.1) is 12.8 Å². The van der Waals surface area contributed by atoms with Gasteiger partial charge in [-0.2, -0.15) is 0 Å². The van der Waals surface area contributed by atoms with E-state index in [2.05, 4.69) is 10.3 Å². The molecule has 0 radical (unpaired) electrons. The summed E-state index contributed by atoms with van der Waals surface area (Å²) in [6, 6.07) is 8.00. The molecule has 1 heterocycles. The molecule has 0 aliphatic heterocycles. The molecule has 116 valence electrons. The number of esters is 1. The van der Waals surface area contributed by atoms with E-state index < -0.39 is 5.97 Å². The van der Waals surface area contributed by atoms with Gasteiger partial charge in [0.1, 0.15) is 0 Å². The summed E-state index contributed by atoms with van der Waals surface area (Å²) in [6.45, 7) is 5.16. The third-order valence-electron chi connectivity index (χ3n) is 2.91. The van der Waals surface area contributed by atoms with Gasteiger partial charge in [-0.1, -0.05) is 43.7 Å². The molecule has 0 unspecified atom stereocenters. The summed E-state index contributed by atoms with van der Waals surface area (Å²) >= 11 is 1.33. The molecule has 0 spiro atoms. The van der Waals surface area contributed by atoms with Crippen LogP contribution >= 0.6 is 11.3 Å². The number of nitrogens with one attached hydrogen (secondary N) is 1. The molecule has 0 atom stereocenters. The van der Waals surface area contributed by atoms with E-state index in [-0.39, 0.29) is 18.4 Å². The van der Waals surface area contributed by atoms with Crippen molar-refractivity contribution in [3.05, 3.63) is 35.2 Å². The van der Waals surface area contributed by atoms with Crippen molar-refractivity contribution in [2.75, 3.05) is 11.9 Å². The predicted octanol–water partition coefficient (Wildman–Crippen LogP) is 3.26. The maximum absolute atomic E-state index is 11.7. The van der Waals surface area contributed by atoms with Gasteiger partial charge < -0.3 is 4.74 Å². The van der Waals surface area contributed by atoms with Gasteiger partial charge in [-0.25, -0.2) is 4.98 Å². The molecule has 2 aromatic rings. The number of amides is 1. The van der Waals surface area contributed by atoms with Gasteiger partial charge >= 0.3 is 5.97 Å². The molecule has 6 heteroatoms. The molecule has 0 aliphatic carbocycles. The van der Waals surface area contributed by atoms with Crippen molar-refractivity contribution in [2.24, 2.45) is 5.92 Å². The van der Waals surface area contributed by atoms with Gasteiger partial charge in [0.2, 0.25) is 0 Å². The number of hydrogen-bond donors (Lipinski definition) is 1. The summed E-state index contributed by atoms with van der Waals surface area (Å²) in [5.74, 6) is -1.03. The van der Waals surface area contributed by atoms with Gasteiger partial charge in [0.25, 0.3) is 5.91 Å². The topological polar surface area (TPSA) is 68.3 Å². The van der Waals surface area contributed by atoms with Crippen LogP contribution in [-0.2, 0) is 14.3 Å². The Morgan fingerprint density at radius 2 is 1.95 bits per heavy atom. The zero-order valence-electron chi connectivity index (χ0n) is 12.8. The number of benzene rings is 1. The number of carbonyl (C=O) groups excluding carboxylic acids is 2. The Morgan fingerprint density at radius 3 is 2.59 bits per heavy atom. The highest BCUT2D eigenvalue weighted by Crippen LogP contribution is 2.25. The molecule has 0 saturated heterocycles. The Morgan fingerprint density at radius 1 is 1.27 bits per heavy atom. The molecule has 2 rings (SSSR count). The monoisotopic (exact) mass is 318 g/mol. The number of carbonyl (C=O) groups is 2. The van der Waals surface area contributed by atoms with Crippen molar-refractivity contribution in [3.63, 3.8) is 0 Å². The normalized spacial score (nSPS) is 10.5. The molecular weight excluding hydrogens is 300 g/mol. The maximum Gasteiger partial charge on any atom is 0.308 e. The lowest BCUT2D eigenvalue weighted by Gasteiger charge is -2.06. The van der Waals surface area contributed by atoms with E-state index in [4.69, 9.17) is 4.74 Å². The summed E-state index contributed by atoms with van der Waals surface area (Å²) in [5.41, 5.74) is 2.98. The first-order valence-corrected chi connectivity index (χ1v) is 7.82. The lowest BCUT2D eigenvalue weighted by molar-refractivity contribution is -0.150. The van der Waals surface area contributed by atoms with Crippen molar-refractivity contribution in [1.29, 1.82) is 0 Å². The molecule has 1 amide bonds. The average Bonchev–Trinajstić information content (AvgIpc) is 2.93. The van der Waals surface area contributed by atoms with Crippen LogP contribution in [0.3, 0.4) is 0 Å². The number of thiazole rings is 1. The predicted molar refractivity (Wildman–Crippen MR) is 86.7 cm³/mol. The molecule has 1 aromatic heterocycles. The minimum atomic E-state index is -0.394. The summed E-state index contributed by atoms with van der Waals surface area (Å²) < 4.78 is 4.87. The zero-order valence-corrected chi connectivity index (χ0v) is 13.6. The minimum absolute atomic E-state index is 0.249. The molecule has 0 saturated carbocycles.